The first-order valence-electron chi connectivity index (χ1n) is 7.91. The van der Waals surface area contributed by atoms with Crippen LogP contribution in [-0.2, 0) is 6.54 Å². The van der Waals surface area contributed by atoms with Crippen molar-refractivity contribution in [2.24, 2.45) is 0 Å². The van der Waals surface area contributed by atoms with Crippen LogP contribution in [0.1, 0.15) is 11.3 Å². The zero-order valence-electron chi connectivity index (χ0n) is 13.7. The Morgan fingerprint density at radius 3 is 2.72 bits per heavy atom. The summed E-state index contributed by atoms with van der Waals surface area (Å²) in [5.74, 6) is 2.74. The van der Waals surface area contributed by atoms with Gasteiger partial charge in [0.15, 0.2) is 11.5 Å². The number of rotatable bonds is 5. The normalized spacial score (nSPS) is 12.0. The largest absolute Gasteiger partial charge is 0.454 e. The Kier molecular flexibility index (Phi) is 4.04. The second-order valence-corrected chi connectivity index (χ2v) is 5.62. The van der Waals surface area contributed by atoms with Gasteiger partial charge in [0.1, 0.15) is 5.82 Å². The van der Waals surface area contributed by atoms with Crippen LogP contribution in [0.25, 0.3) is 0 Å². The average Bonchev–Trinajstić information content (AvgIpc) is 3.08. The molecule has 2 aromatic heterocycles. The highest BCUT2D eigenvalue weighted by Gasteiger charge is 2.13. The number of anilines is 3. The van der Waals surface area contributed by atoms with Crippen LogP contribution >= 0.6 is 0 Å². The van der Waals surface area contributed by atoms with Crippen LogP contribution in [0.15, 0.2) is 48.8 Å². The van der Waals surface area contributed by atoms with Crippen LogP contribution in [-0.4, -0.2) is 21.7 Å². The lowest BCUT2D eigenvalue weighted by Gasteiger charge is -2.10. The summed E-state index contributed by atoms with van der Waals surface area (Å²) in [6.07, 6.45) is 3.55. The van der Waals surface area contributed by atoms with Crippen LogP contribution in [0.2, 0.25) is 0 Å². The van der Waals surface area contributed by atoms with Gasteiger partial charge >= 0.3 is 0 Å². The Labute approximate surface area is 145 Å². The van der Waals surface area contributed by atoms with E-state index < -0.39 is 0 Å². The smallest absolute Gasteiger partial charge is 0.231 e. The van der Waals surface area contributed by atoms with Crippen LogP contribution in [0.4, 0.5) is 17.5 Å². The molecule has 0 aliphatic carbocycles. The third kappa shape index (κ3) is 3.60. The molecule has 126 valence electrons. The van der Waals surface area contributed by atoms with E-state index in [1.54, 1.807) is 12.4 Å². The van der Waals surface area contributed by atoms with Crippen molar-refractivity contribution in [2.75, 3.05) is 17.4 Å². The molecule has 0 atom stereocenters. The molecule has 0 saturated heterocycles. The van der Waals surface area contributed by atoms with Crippen molar-refractivity contribution in [3.63, 3.8) is 0 Å². The SMILES string of the molecule is Cc1cc(NCc2ccncc2)nc(Nc2ccc3c(c2)OCO3)n1. The molecule has 0 radical (unpaired) electrons. The Hall–Kier alpha value is -3.35. The van der Waals surface area contributed by atoms with Crippen LogP contribution in [0.3, 0.4) is 0 Å². The van der Waals surface area contributed by atoms with E-state index in [0.29, 0.717) is 18.2 Å². The lowest BCUT2D eigenvalue weighted by Crippen LogP contribution is -2.05. The molecule has 7 heteroatoms. The summed E-state index contributed by atoms with van der Waals surface area (Å²) in [5, 5.41) is 6.51. The van der Waals surface area contributed by atoms with Gasteiger partial charge in [0, 0.05) is 42.5 Å². The Morgan fingerprint density at radius 2 is 1.84 bits per heavy atom. The molecule has 7 nitrogen and oxygen atoms in total. The molecule has 4 rings (SSSR count). The lowest BCUT2D eigenvalue weighted by molar-refractivity contribution is 0.174. The number of hydrogen-bond donors (Lipinski definition) is 2. The van der Waals surface area contributed by atoms with E-state index in [1.165, 1.54) is 0 Å². The van der Waals surface area contributed by atoms with E-state index in [1.807, 2.05) is 43.3 Å². The Bertz CT molecular complexity index is 886. The van der Waals surface area contributed by atoms with Crippen molar-refractivity contribution in [3.05, 3.63) is 60.0 Å². The number of pyridine rings is 1. The number of aryl methyl sites for hydroxylation is 1. The number of hydrogen-bond acceptors (Lipinski definition) is 7. The zero-order valence-corrected chi connectivity index (χ0v) is 13.7. The van der Waals surface area contributed by atoms with Crippen molar-refractivity contribution in [1.29, 1.82) is 0 Å². The van der Waals surface area contributed by atoms with Gasteiger partial charge in [-0.2, -0.15) is 4.98 Å². The van der Waals surface area contributed by atoms with Gasteiger partial charge in [0.25, 0.3) is 0 Å². The van der Waals surface area contributed by atoms with E-state index in [2.05, 4.69) is 25.6 Å². The van der Waals surface area contributed by atoms with Crippen LogP contribution < -0.4 is 20.1 Å². The highest BCUT2D eigenvalue weighted by Crippen LogP contribution is 2.34. The van der Waals surface area contributed by atoms with Crippen LogP contribution in [0.5, 0.6) is 11.5 Å². The van der Waals surface area contributed by atoms with E-state index in [4.69, 9.17) is 9.47 Å². The summed E-state index contributed by atoms with van der Waals surface area (Å²) in [4.78, 5) is 13.0. The molecule has 0 saturated carbocycles. The highest BCUT2D eigenvalue weighted by atomic mass is 16.7. The topological polar surface area (TPSA) is 81.2 Å². The molecule has 3 heterocycles. The molecule has 0 fully saturated rings. The third-order valence-electron chi connectivity index (χ3n) is 3.71. The summed E-state index contributed by atoms with van der Waals surface area (Å²) >= 11 is 0. The maximum absolute atomic E-state index is 5.39. The minimum atomic E-state index is 0.253. The average molecular weight is 335 g/mol. The fourth-order valence-electron chi connectivity index (χ4n) is 2.51. The predicted octanol–water partition coefficient (Wildman–Crippen LogP) is 3.26. The lowest BCUT2D eigenvalue weighted by atomic mass is 10.2. The second kappa shape index (κ2) is 6.64. The van der Waals surface area contributed by atoms with E-state index in [0.717, 1.165) is 28.5 Å². The molecular weight excluding hydrogens is 318 g/mol. The van der Waals surface area contributed by atoms with Crippen molar-refractivity contribution in [2.45, 2.75) is 13.5 Å². The second-order valence-electron chi connectivity index (χ2n) is 5.62. The summed E-state index contributed by atoms with van der Waals surface area (Å²) in [6.45, 7) is 2.86. The number of nitrogens with zero attached hydrogens (tertiary/aromatic N) is 3. The van der Waals surface area contributed by atoms with E-state index in [9.17, 15) is 0 Å². The van der Waals surface area contributed by atoms with Gasteiger partial charge in [-0.1, -0.05) is 0 Å². The molecule has 0 amide bonds. The quantitative estimate of drug-likeness (QED) is 0.740. The zero-order chi connectivity index (χ0) is 17.1. The number of benzene rings is 1. The van der Waals surface area contributed by atoms with E-state index >= 15 is 0 Å². The first-order chi connectivity index (χ1) is 12.3. The first-order valence-corrected chi connectivity index (χ1v) is 7.91. The van der Waals surface area contributed by atoms with Gasteiger partial charge < -0.3 is 20.1 Å². The van der Waals surface area contributed by atoms with Gasteiger partial charge in [-0.3, -0.25) is 4.98 Å². The summed E-state index contributed by atoms with van der Waals surface area (Å²) in [7, 11) is 0. The molecule has 1 aliphatic rings. The standard InChI is InChI=1S/C18H17N5O2/c1-12-8-17(20-10-13-4-6-19-7-5-13)23-18(21-12)22-14-2-3-15-16(9-14)25-11-24-15/h2-9H,10-11H2,1H3,(H2,20,21,22,23). The minimum absolute atomic E-state index is 0.253. The maximum Gasteiger partial charge on any atom is 0.231 e. The first kappa shape index (κ1) is 15.2. The molecule has 2 N–H and O–H groups in total. The maximum atomic E-state index is 5.39. The van der Waals surface area contributed by atoms with Gasteiger partial charge in [0.2, 0.25) is 12.7 Å². The van der Waals surface area contributed by atoms with Crippen molar-refractivity contribution in [1.82, 2.24) is 15.0 Å². The number of nitrogens with one attached hydrogen (secondary N) is 2. The Morgan fingerprint density at radius 1 is 1.00 bits per heavy atom. The van der Waals surface area contributed by atoms with Gasteiger partial charge in [0.05, 0.1) is 0 Å². The monoisotopic (exact) mass is 335 g/mol. The van der Waals surface area contributed by atoms with Crippen LogP contribution in [0, 0.1) is 6.92 Å². The molecule has 0 spiro atoms. The Balaban J connectivity index is 1.49. The van der Waals surface area contributed by atoms with Gasteiger partial charge in [-0.25, -0.2) is 4.98 Å². The molecule has 25 heavy (non-hydrogen) atoms. The molecule has 0 unspecified atom stereocenters. The molecule has 1 aliphatic heterocycles. The van der Waals surface area contributed by atoms with E-state index in [-0.39, 0.29) is 6.79 Å². The fourth-order valence-corrected chi connectivity index (χ4v) is 2.51. The fraction of sp³-hybridized carbons (Fsp3) is 0.167. The highest BCUT2D eigenvalue weighted by molar-refractivity contribution is 5.61. The van der Waals surface area contributed by atoms with Crippen molar-refractivity contribution < 1.29 is 9.47 Å². The van der Waals surface area contributed by atoms with Crippen molar-refractivity contribution >= 4 is 17.5 Å². The van der Waals surface area contributed by atoms with Gasteiger partial charge in [-0.15, -0.1) is 0 Å². The molecule has 0 bridgehead atoms. The summed E-state index contributed by atoms with van der Waals surface area (Å²) < 4.78 is 10.7. The minimum Gasteiger partial charge on any atom is -0.454 e. The summed E-state index contributed by atoms with van der Waals surface area (Å²) in [5.41, 5.74) is 2.85. The van der Waals surface area contributed by atoms with Crippen molar-refractivity contribution in [3.8, 4) is 11.5 Å². The predicted molar refractivity (Wildman–Crippen MR) is 94.2 cm³/mol. The number of fused-ring (bicyclic) bond motifs is 1. The third-order valence-corrected chi connectivity index (χ3v) is 3.71. The van der Waals surface area contributed by atoms with Gasteiger partial charge in [-0.05, 0) is 36.8 Å². The molecule has 3 aromatic rings. The number of ether oxygens (including phenoxy) is 2. The number of aromatic nitrogens is 3. The molecule has 1 aromatic carbocycles. The summed E-state index contributed by atoms with van der Waals surface area (Å²) in [6, 6.07) is 11.5. The molecular formula is C18H17N5O2.